The lowest BCUT2D eigenvalue weighted by molar-refractivity contribution is -0.383. The van der Waals surface area contributed by atoms with Crippen LogP contribution in [-0.2, 0) is 47.5 Å². The number of fused-ring (bicyclic) bond motifs is 7. The number of hydrogen-bond donors (Lipinski definition) is 13. The van der Waals surface area contributed by atoms with Crippen LogP contribution in [0, 0.1) is 56.7 Å². The van der Waals surface area contributed by atoms with E-state index in [0.717, 1.165) is 32.1 Å². The number of aliphatic carboxylic acids is 1. The standard InChI is InChI=1S/C52H82O23/c1-48(2)15-22-21(23(16-48)43(67)75-46-37(63)34(60)33(59)27(17-53)70-46)9-13-51(5)24(22)7-8-29-49(3)12-11-30(50(4,20-54)28(49)10-14-52(29,51)6)71-47-40(73-45-36(62)32(58)26(56)19-69-45)38(64)39(41(74-47)42(65)66)72-44-35(61)31(57)25(55)18-68-44/h7,21-23,25-41,44-47,53-64H,8-20H2,1-6H3,(H,65,66)/t21-,22+,23+,25+,26+,27-,28-,29+,30+,31+,32+,33+,34-,35-,36+,37+,38+,39-,40+,41+,44+,45+,46-,47+,49-,50+,51-,52+/m1/s1. The molecule has 0 aromatic heterocycles. The number of hydrogen-bond acceptors (Lipinski definition) is 22. The Morgan fingerprint density at radius 3 is 1.85 bits per heavy atom. The van der Waals surface area contributed by atoms with Gasteiger partial charge in [-0.25, -0.2) is 4.79 Å². The van der Waals surface area contributed by atoms with Gasteiger partial charge in [-0.15, -0.1) is 0 Å². The molecule has 23 heteroatoms. The summed E-state index contributed by atoms with van der Waals surface area (Å²) in [7, 11) is 0. The van der Waals surface area contributed by atoms with Crippen LogP contribution in [0.2, 0.25) is 0 Å². The second-order valence-corrected chi connectivity index (χ2v) is 25.2. The largest absolute Gasteiger partial charge is 0.479 e. The molecule has 0 aromatic carbocycles. The molecule has 0 bridgehead atoms. The molecule has 4 saturated carbocycles. The first kappa shape index (κ1) is 57.6. The molecule has 0 spiro atoms. The number of carbonyl (C=O) groups excluding carboxylic acids is 1. The molecule has 0 amide bonds. The lowest BCUT2D eigenvalue weighted by atomic mass is 9.34. The number of rotatable bonds is 11. The number of aliphatic hydroxyl groups is 12. The number of esters is 1. The zero-order chi connectivity index (χ0) is 54.6. The number of aliphatic hydroxyl groups excluding tert-OH is 12. The molecule has 28 atom stereocenters. The van der Waals surface area contributed by atoms with Crippen molar-refractivity contribution in [2.75, 3.05) is 26.4 Å². The highest BCUT2D eigenvalue weighted by Crippen LogP contribution is 2.75. The van der Waals surface area contributed by atoms with E-state index in [-0.39, 0.29) is 51.9 Å². The van der Waals surface area contributed by atoms with E-state index in [2.05, 4.69) is 40.7 Å². The number of carboxylic acids is 1. The van der Waals surface area contributed by atoms with Gasteiger partial charge in [0.25, 0.3) is 0 Å². The van der Waals surface area contributed by atoms with Gasteiger partial charge in [-0.1, -0.05) is 53.2 Å². The van der Waals surface area contributed by atoms with Gasteiger partial charge in [-0.2, -0.15) is 0 Å². The molecule has 75 heavy (non-hydrogen) atoms. The third-order valence-corrected chi connectivity index (χ3v) is 20.5. The Labute approximate surface area is 435 Å². The molecule has 9 rings (SSSR count). The molecule has 23 nitrogen and oxygen atoms in total. The van der Waals surface area contributed by atoms with Crippen LogP contribution in [-0.4, -0.2) is 221 Å². The summed E-state index contributed by atoms with van der Waals surface area (Å²) in [6, 6.07) is 0. The normalized spacial score (nSPS) is 53.8. The molecule has 4 heterocycles. The average molecular weight is 1080 g/mol. The second-order valence-electron chi connectivity index (χ2n) is 25.2. The summed E-state index contributed by atoms with van der Waals surface area (Å²) in [5.41, 5.74) is -0.871. The van der Waals surface area contributed by atoms with Crippen molar-refractivity contribution in [3.05, 3.63) is 11.6 Å². The summed E-state index contributed by atoms with van der Waals surface area (Å²) in [5, 5.41) is 138. The summed E-state index contributed by atoms with van der Waals surface area (Å²) in [4.78, 5) is 27.2. The Morgan fingerprint density at radius 2 is 1.25 bits per heavy atom. The van der Waals surface area contributed by atoms with Crippen LogP contribution in [0.4, 0.5) is 0 Å². The first-order chi connectivity index (χ1) is 35.2. The summed E-state index contributed by atoms with van der Waals surface area (Å²) in [5.74, 6) is -2.83. The van der Waals surface area contributed by atoms with E-state index in [0.29, 0.717) is 25.7 Å². The van der Waals surface area contributed by atoms with Crippen molar-refractivity contribution in [1.82, 2.24) is 0 Å². The minimum Gasteiger partial charge on any atom is -0.479 e. The van der Waals surface area contributed by atoms with Crippen molar-refractivity contribution >= 4 is 11.9 Å². The second kappa shape index (κ2) is 21.1. The summed E-state index contributed by atoms with van der Waals surface area (Å²) >= 11 is 0. The summed E-state index contributed by atoms with van der Waals surface area (Å²) in [6.45, 7) is 11.2. The van der Waals surface area contributed by atoms with Crippen molar-refractivity contribution in [3.63, 3.8) is 0 Å². The van der Waals surface area contributed by atoms with Gasteiger partial charge in [0.05, 0.1) is 38.4 Å². The van der Waals surface area contributed by atoms with E-state index in [1.54, 1.807) is 0 Å². The Hall–Kier alpha value is -2.08. The lowest BCUT2D eigenvalue weighted by Gasteiger charge is -2.71. The Balaban J connectivity index is 0.965. The van der Waals surface area contributed by atoms with Crippen molar-refractivity contribution in [1.29, 1.82) is 0 Å². The third-order valence-electron chi connectivity index (χ3n) is 20.5. The monoisotopic (exact) mass is 1070 g/mol. The fraction of sp³-hybridized carbons (Fsp3) is 0.923. The van der Waals surface area contributed by atoms with Gasteiger partial charge < -0.3 is 104 Å². The minimum atomic E-state index is -2.02. The van der Waals surface area contributed by atoms with Crippen LogP contribution in [0.25, 0.3) is 0 Å². The molecular formula is C52H82O23. The van der Waals surface area contributed by atoms with Crippen LogP contribution < -0.4 is 0 Å². The van der Waals surface area contributed by atoms with Crippen LogP contribution in [0.5, 0.6) is 0 Å². The van der Waals surface area contributed by atoms with Crippen molar-refractivity contribution in [2.24, 2.45) is 56.7 Å². The highest BCUT2D eigenvalue weighted by Gasteiger charge is 2.69. The van der Waals surface area contributed by atoms with Crippen LogP contribution >= 0.6 is 0 Å². The van der Waals surface area contributed by atoms with E-state index < -0.39 is 160 Å². The van der Waals surface area contributed by atoms with E-state index in [9.17, 15) is 76.0 Å². The van der Waals surface area contributed by atoms with Gasteiger partial charge in [0.2, 0.25) is 6.29 Å². The Kier molecular flexibility index (Phi) is 16.2. The molecule has 0 unspecified atom stereocenters. The van der Waals surface area contributed by atoms with Crippen LogP contribution in [0.3, 0.4) is 0 Å². The molecular weight excluding hydrogens is 993 g/mol. The van der Waals surface area contributed by atoms with Gasteiger partial charge in [0.1, 0.15) is 79.4 Å². The number of allylic oxidation sites excluding steroid dienone is 2. The predicted molar refractivity (Wildman–Crippen MR) is 253 cm³/mol. The van der Waals surface area contributed by atoms with Crippen molar-refractivity contribution in [2.45, 2.75) is 216 Å². The van der Waals surface area contributed by atoms with Gasteiger partial charge in [-0.05, 0) is 103 Å². The number of carboxylic acid groups (broad SMARTS) is 1. The maximum absolute atomic E-state index is 14.2. The van der Waals surface area contributed by atoms with Gasteiger partial charge in [0.15, 0.2) is 25.0 Å². The molecule has 13 N–H and O–H groups in total. The Morgan fingerprint density at radius 1 is 0.640 bits per heavy atom. The topological polar surface area (TPSA) is 371 Å². The molecule has 8 fully saturated rings. The highest BCUT2D eigenvalue weighted by molar-refractivity contribution is 5.74. The molecule has 0 radical (unpaired) electrons. The molecule has 0 aromatic rings. The maximum Gasteiger partial charge on any atom is 0.335 e. The lowest BCUT2D eigenvalue weighted by Crippen LogP contribution is -2.68. The zero-order valence-electron chi connectivity index (χ0n) is 43.5. The summed E-state index contributed by atoms with van der Waals surface area (Å²) in [6.07, 6.45) is -23.4. The van der Waals surface area contributed by atoms with Crippen molar-refractivity contribution in [3.8, 4) is 0 Å². The highest BCUT2D eigenvalue weighted by atomic mass is 16.8. The number of carbonyl (C=O) groups is 2. The van der Waals surface area contributed by atoms with E-state index in [1.165, 1.54) is 5.57 Å². The molecule has 9 aliphatic rings. The third kappa shape index (κ3) is 9.65. The minimum absolute atomic E-state index is 0.0313. The van der Waals surface area contributed by atoms with Gasteiger partial charge in [-0.3, -0.25) is 4.79 Å². The van der Waals surface area contributed by atoms with Crippen LogP contribution in [0.1, 0.15) is 99.3 Å². The predicted octanol–water partition coefficient (Wildman–Crippen LogP) is -1.84. The van der Waals surface area contributed by atoms with E-state index in [4.69, 9.17) is 37.9 Å². The molecule has 4 saturated heterocycles. The summed E-state index contributed by atoms with van der Waals surface area (Å²) < 4.78 is 47.1. The average Bonchev–Trinajstić information content (AvgIpc) is 3.36. The smallest absolute Gasteiger partial charge is 0.335 e. The van der Waals surface area contributed by atoms with E-state index >= 15 is 0 Å². The fourth-order valence-electron chi connectivity index (χ4n) is 16.1. The quantitative estimate of drug-likeness (QED) is 0.0614. The Bertz CT molecular complexity index is 2090. The first-order valence-electron chi connectivity index (χ1n) is 26.8. The molecule has 5 aliphatic carbocycles. The molecule has 428 valence electrons. The molecule has 4 aliphatic heterocycles. The maximum atomic E-state index is 14.2. The fourth-order valence-corrected chi connectivity index (χ4v) is 16.1. The first-order valence-corrected chi connectivity index (χ1v) is 26.8. The van der Waals surface area contributed by atoms with Crippen molar-refractivity contribution < 1.29 is 114 Å². The number of ether oxygens (including phenoxy) is 8. The zero-order valence-corrected chi connectivity index (χ0v) is 43.5. The van der Waals surface area contributed by atoms with E-state index in [1.807, 2.05) is 6.92 Å². The van der Waals surface area contributed by atoms with Gasteiger partial charge in [0, 0.05) is 5.41 Å². The SMILES string of the molecule is CC1(C)C[C@H](C(=O)O[C@H]2O[C@H](CO)[C@H](O)[C@@H](O)[C@@H]2O)[C@@H]2CC[C@]3(C)C(=CC[C@H]4[C@]5(C)CC[C@H](O[C@H]6O[C@H](C(=O)O)[C@H](O[C@@H]7OC[C@H](O)[C@H](O)[C@H]7O)[C@H](O)[C@@H]6O[C@@H]6OC[C@H](O)[C@H](O)[C@@H]6O)[C@@](C)(CO)[C@@H]5CC[C@@]43C)[C@H]2C1. The van der Waals surface area contributed by atoms with Crippen LogP contribution in [0.15, 0.2) is 11.6 Å². The van der Waals surface area contributed by atoms with Gasteiger partial charge >= 0.3 is 11.9 Å².